The van der Waals surface area contributed by atoms with Gasteiger partial charge < -0.3 is 10.6 Å². The van der Waals surface area contributed by atoms with Crippen LogP contribution in [0.2, 0.25) is 0 Å². The standard InChI is InChI=1S/C15H19BrN2O/c1-11(12-4-2-3-5-12)10-17-15(19)18-14-8-6-13(16)7-9-14/h6-10,12H,2-5H2,1H3,(H2,17,18,19)/b11-10+. The van der Waals surface area contributed by atoms with Gasteiger partial charge in [0.25, 0.3) is 0 Å². The number of anilines is 1. The van der Waals surface area contributed by atoms with Gasteiger partial charge in [-0.3, -0.25) is 0 Å². The van der Waals surface area contributed by atoms with E-state index < -0.39 is 0 Å². The Bertz CT molecular complexity index is 462. The average molecular weight is 323 g/mol. The Hall–Kier alpha value is -1.29. The zero-order chi connectivity index (χ0) is 13.7. The molecule has 0 saturated heterocycles. The number of urea groups is 1. The van der Waals surface area contributed by atoms with Crippen LogP contribution in [-0.2, 0) is 0 Å². The molecule has 2 amide bonds. The molecule has 0 bridgehead atoms. The summed E-state index contributed by atoms with van der Waals surface area (Å²) in [6.07, 6.45) is 6.95. The SMILES string of the molecule is C/C(=C\NC(=O)Nc1ccc(Br)cc1)C1CCCC1. The molecule has 4 heteroatoms. The van der Waals surface area contributed by atoms with E-state index in [4.69, 9.17) is 0 Å². The first-order valence-corrected chi connectivity index (χ1v) is 7.44. The van der Waals surface area contributed by atoms with Crippen LogP contribution in [0.4, 0.5) is 10.5 Å². The third-order valence-electron chi connectivity index (χ3n) is 3.53. The van der Waals surface area contributed by atoms with Crippen LogP contribution in [-0.4, -0.2) is 6.03 Å². The van der Waals surface area contributed by atoms with E-state index in [-0.39, 0.29) is 6.03 Å². The van der Waals surface area contributed by atoms with Crippen molar-refractivity contribution in [3.8, 4) is 0 Å². The van der Waals surface area contributed by atoms with Crippen molar-refractivity contribution in [3.63, 3.8) is 0 Å². The van der Waals surface area contributed by atoms with Gasteiger partial charge in [-0.2, -0.15) is 0 Å². The molecule has 19 heavy (non-hydrogen) atoms. The van der Waals surface area contributed by atoms with Gasteiger partial charge in [0.05, 0.1) is 0 Å². The topological polar surface area (TPSA) is 41.1 Å². The van der Waals surface area contributed by atoms with Crippen LogP contribution < -0.4 is 10.6 Å². The number of nitrogens with one attached hydrogen (secondary N) is 2. The molecule has 1 aliphatic rings. The zero-order valence-electron chi connectivity index (χ0n) is 11.1. The average Bonchev–Trinajstić information content (AvgIpc) is 2.93. The van der Waals surface area contributed by atoms with Crippen LogP contribution in [0.1, 0.15) is 32.6 Å². The molecule has 0 aromatic heterocycles. The number of amides is 2. The Morgan fingerprint density at radius 3 is 2.53 bits per heavy atom. The Labute approximate surface area is 122 Å². The molecule has 0 radical (unpaired) electrons. The maximum absolute atomic E-state index is 11.7. The van der Waals surface area contributed by atoms with Gasteiger partial charge in [-0.15, -0.1) is 0 Å². The van der Waals surface area contributed by atoms with Gasteiger partial charge in [0.15, 0.2) is 0 Å². The van der Waals surface area contributed by atoms with Crippen molar-refractivity contribution in [2.45, 2.75) is 32.6 Å². The maximum atomic E-state index is 11.7. The van der Waals surface area contributed by atoms with Crippen LogP contribution in [0.3, 0.4) is 0 Å². The number of halogens is 1. The Morgan fingerprint density at radius 1 is 1.26 bits per heavy atom. The Kier molecular flexibility index (Phi) is 5.02. The van der Waals surface area contributed by atoms with Gasteiger partial charge in [0.2, 0.25) is 0 Å². The number of carbonyl (C=O) groups is 1. The fraction of sp³-hybridized carbons (Fsp3) is 0.400. The molecule has 1 fully saturated rings. The fourth-order valence-corrected chi connectivity index (χ4v) is 2.64. The van der Waals surface area contributed by atoms with Crippen LogP contribution in [0, 0.1) is 5.92 Å². The molecule has 2 rings (SSSR count). The highest BCUT2D eigenvalue weighted by Gasteiger charge is 2.16. The molecule has 1 aromatic carbocycles. The van der Waals surface area contributed by atoms with Gasteiger partial charge in [-0.05, 0) is 49.9 Å². The van der Waals surface area contributed by atoms with E-state index in [1.54, 1.807) is 0 Å². The summed E-state index contributed by atoms with van der Waals surface area (Å²) >= 11 is 3.36. The van der Waals surface area contributed by atoms with Crippen molar-refractivity contribution >= 4 is 27.6 Å². The normalized spacial score (nSPS) is 16.4. The third-order valence-corrected chi connectivity index (χ3v) is 4.06. The highest BCUT2D eigenvalue weighted by Crippen LogP contribution is 2.30. The summed E-state index contributed by atoms with van der Waals surface area (Å²) in [5.74, 6) is 0.646. The first-order chi connectivity index (χ1) is 9.15. The van der Waals surface area contributed by atoms with E-state index in [2.05, 4.69) is 33.5 Å². The first-order valence-electron chi connectivity index (χ1n) is 6.65. The van der Waals surface area contributed by atoms with Gasteiger partial charge in [0.1, 0.15) is 0 Å². The van der Waals surface area contributed by atoms with Crippen molar-refractivity contribution in [3.05, 3.63) is 40.5 Å². The van der Waals surface area contributed by atoms with Gasteiger partial charge >= 0.3 is 6.03 Å². The highest BCUT2D eigenvalue weighted by molar-refractivity contribution is 9.10. The third kappa shape index (κ3) is 4.39. The van der Waals surface area contributed by atoms with Crippen LogP contribution in [0.5, 0.6) is 0 Å². The second kappa shape index (κ2) is 6.75. The minimum absolute atomic E-state index is 0.195. The molecule has 1 saturated carbocycles. The number of hydrogen-bond acceptors (Lipinski definition) is 1. The second-order valence-corrected chi connectivity index (χ2v) is 5.89. The highest BCUT2D eigenvalue weighted by atomic mass is 79.9. The lowest BCUT2D eigenvalue weighted by Crippen LogP contribution is -2.24. The summed E-state index contributed by atoms with van der Waals surface area (Å²) in [5, 5.41) is 5.60. The number of benzene rings is 1. The summed E-state index contributed by atoms with van der Waals surface area (Å²) in [6, 6.07) is 7.32. The fourth-order valence-electron chi connectivity index (χ4n) is 2.38. The first kappa shape index (κ1) is 14.1. The molecule has 0 unspecified atom stereocenters. The molecule has 102 valence electrons. The number of hydrogen-bond donors (Lipinski definition) is 2. The quantitative estimate of drug-likeness (QED) is 0.834. The zero-order valence-corrected chi connectivity index (χ0v) is 12.7. The lowest BCUT2D eigenvalue weighted by atomic mass is 10.0. The molecule has 0 aliphatic heterocycles. The molecule has 2 N–H and O–H groups in total. The summed E-state index contributed by atoms with van der Waals surface area (Å²) in [7, 11) is 0. The van der Waals surface area contributed by atoms with Crippen LogP contribution in [0.15, 0.2) is 40.5 Å². The van der Waals surface area contributed by atoms with Crippen molar-refractivity contribution in [1.82, 2.24) is 5.32 Å². The molecular formula is C15H19BrN2O. The molecule has 0 heterocycles. The molecule has 1 aromatic rings. The van der Waals surface area contributed by atoms with Crippen molar-refractivity contribution in [1.29, 1.82) is 0 Å². The van der Waals surface area contributed by atoms with E-state index in [0.29, 0.717) is 5.92 Å². The van der Waals surface area contributed by atoms with Crippen LogP contribution in [0.25, 0.3) is 0 Å². The van der Waals surface area contributed by atoms with E-state index in [1.165, 1.54) is 31.3 Å². The van der Waals surface area contributed by atoms with Crippen molar-refractivity contribution in [2.75, 3.05) is 5.32 Å². The maximum Gasteiger partial charge on any atom is 0.323 e. The Balaban J connectivity index is 1.83. The predicted octanol–water partition coefficient (Wildman–Crippen LogP) is 4.66. The largest absolute Gasteiger partial charge is 0.323 e. The predicted molar refractivity (Wildman–Crippen MR) is 82.0 cm³/mol. The Morgan fingerprint density at radius 2 is 1.89 bits per heavy atom. The summed E-state index contributed by atoms with van der Waals surface area (Å²) in [6.45, 7) is 2.09. The van der Waals surface area contributed by atoms with Crippen molar-refractivity contribution in [2.24, 2.45) is 5.92 Å². The summed E-state index contributed by atoms with van der Waals surface area (Å²) < 4.78 is 0.996. The number of rotatable bonds is 3. The monoisotopic (exact) mass is 322 g/mol. The molecular weight excluding hydrogens is 304 g/mol. The van der Waals surface area contributed by atoms with E-state index in [1.807, 2.05) is 30.5 Å². The second-order valence-electron chi connectivity index (χ2n) is 4.98. The van der Waals surface area contributed by atoms with Crippen molar-refractivity contribution < 1.29 is 4.79 Å². The summed E-state index contributed by atoms with van der Waals surface area (Å²) in [5.41, 5.74) is 2.05. The lowest BCUT2D eigenvalue weighted by molar-refractivity contribution is 0.255. The molecule has 0 spiro atoms. The van der Waals surface area contributed by atoms with E-state index in [9.17, 15) is 4.79 Å². The van der Waals surface area contributed by atoms with E-state index >= 15 is 0 Å². The lowest BCUT2D eigenvalue weighted by Gasteiger charge is -2.10. The molecule has 0 atom stereocenters. The minimum atomic E-state index is -0.195. The minimum Gasteiger partial charge on any atom is -0.314 e. The van der Waals surface area contributed by atoms with Gasteiger partial charge in [0, 0.05) is 16.4 Å². The van der Waals surface area contributed by atoms with Gasteiger partial charge in [-0.25, -0.2) is 4.79 Å². The molecule has 1 aliphatic carbocycles. The number of allylic oxidation sites excluding steroid dienone is 1. The molecule has 3 nitrogen and oxygen atoms in total. The van der Waals surface area contributed by atoms with E-state index in [0.717, 1.165) is 10.2 Å². The van der Waals surface area contributed by atoms with Gasteiger partial charge in [-0.1, -0.05) is 34.3 Å². The van der Waals surface area contributed by atoms with Crippen LogP contribution >= 0.6 is 15.9 Å². The smallest absolute Gasteiger partial charge is 0.314 e. The summed E-state index contributed by atoms with van der Waals surface area (Å²) in [4.78, 5) is 11.7. The number of carbonyl (C=O) groups excluding carboxylic acids is 1.